The van der Waals surface area contributed by atoms with Gasteiger partial charge in [-0.1, -0.05) is 36.9 Å². The van der Waals surface area contributed by atoms with Crippen molar-refractivity contribution in [2.45, 2.75) is 6.42 Å². The first kappa shape index (κ1) is 12.6. The summed E-state index contributed by atoms with van der Waals surface area (Å²) in [4.78, 5) is 10.8. The van der Waals surface area contributed by atoms with Crippen LogP contribution in [0.25, 0.3) is 17.0 Å². The van der Waals surface area contributed by atoms with Crippen molar-refractivity contribution in [2.24, 2.45) is 0 Å². The zero-order valence-corrected chi connectivity index (χ0v) is 11.4. The van der Waals surface area contributed by atoms with Gasteiger partial charge in [0.05, 0.1) is 0 Å². The average Bonchev–Trinajstić information content (AvgIpc) is 2.56. The minimum atomic E-state index is 0.773. The Morgan fingerprint density at radius 2 is 1.75 bits per heavy atom. The van der Waals surface area contributed by atoms with E-state index in [1.54, 1.807) is 12.4 Å². The van der Waals surface area contributed by atoms with Crippen molar-refractivity contribution in [1.29, 1.82) is 0 Å². The highest BCUT2D eigenvalue weighted by molar-refractivity contribution is 5.69. The van der Waals surface area contributed by atoms with Gasteiger partial charge in [0, 0.05) is 31.0 Å². The molecule has 0 saturated carbocycles. The smallest absolute Gasteiger partial charge is 0.159 e. The molecule has 0 fully saturated rings. The van der Waals surface area contributed by atoms with E-state index >= 15 is 0 Å². The molecule has 3 nitrogen and oxygen atoms in total. The fraction of sp³-hybridized carbons (Fsp3) is 0.176. The first-order valence-electron chi connectivity index (χ1n) is 6.80. The summed E-state index contributed by atoms with van der Waals surface area (Å²) in [7, 11) is 0. The topological polar surface area (TPSA) is 29.0 Å². The van der Waals surface area contributed by atoms with Crippen molar-refractivity contribution < 1.29 is 0 Å². The summed E-state index contributed by atoms with van der Waals surface area (Å²) in [6, 6.07) is 10.3. The van der Waals surface area contributed by atoms with E-state index < -0.39 is 0 Å². The third-order valence-corrected chi connectivity index (χ3v) is 3.58. The van der Waals surface area contributed by atoms with Crippen LogP contribution in [0.4, 0.5) is 0 Å². The van der Waals surface area contributed by atoms with Crippen LogP contribution < -0.4 is 0 Å². The van der Waals surface area contributed by atoms with Crippen molar-refractivity contribution in [3.05, 3.63) is 67.1 Å². The Bertz CT molecular complexity index is 614. The summed E-state index contributed by atoms with van der Waals surface area (Å²) < 4.78 is 0. The lowest BCUT2D eigenvalue weighted by Gasteiger charge is -2.24. The molecule has 100 valence electrons. The minimum Gasteiger partial charge on any atom is -0.374 e. The number of rotatable bonds is 3. The molecule has 0 bridgehead atoms. The lowest BCUT2D eigenvalue weighted by Crippen LogP contribution is -2.22. The molecule has 0 radical (unpaired) electrons. The molecule has 0 atom stereocenters. The van der Waals surface area contributed by atoms with Crippen LogP contribution in [0.5, 0.6) is 0 Å². The molecule has 0 saturated heterocycles. The van der Waals surface area contributed by atoms with Crippen LogP contribution in [-0.2, 0) is 0 Å². The summed E-state index contributed by atoms with van der Waals surface area (Å²) in [5.41, 5.74) is 3.75. The Labute approximate surface area is 119 Å². The van der Waals surface area contributed by atoms with Gasteiger partial charge in [-0.25, -0.2) is 9.97 Å². The third-order valence-electron chi connectivity index (χ3n) is 3.58. The molecule has 3 heteroatoms. The molecule has 0 spiro atoms. The largest absolute Gasteiger partial charge is 0.374 e. The number of benzene rings is 1. The highest BCUT2D eigenvalue weighted by atomic mass is 15.1. The zero-order valence-electron chi connectivity index (χ0n) is 11.4. The Morgan fingerprint density at radius 1 is 1.05 bits per heavy atom. The van der Waals surface area contributed by atoms with Gasteiger partial charge in [0.1, 0.15) is 0 Å². The Balaban J connectivity index is 1.80. The summed E-state index contributed by atoms with van der Waals surface area (Å²) in [6.45, 7) is 5.80. The first-order chi connectivity index (χ1) is 9.86. The van der Waals surface area contributed by atoms with Gasteiger partial charge < -0.3 is 4.90 Å². The molecule has 2 heterocycles. The SMILES string of the molecule is C=CN1CC=C(c2ccc(-c3ncccn3)cc2)CC1. The van der Waals surface area contributed by atoms with Crippen LogP contribution >= 0.6 is 0 Å². The predicted octanol–water partition coefficient (Wildman–Crippen LogP) is 3.38. The van der Waals surface area contributed by atoms with Crippen molar-refractivity contribution in [3.63, 3.8) is 0 Å². The van der Waals surface area contributed by atoms with Gasteiger partial charge in [0.15, 0.2) is 5.82 Å². The molecule has 1 aliphatic rings. The molecule has 0 aliphatic carbocycles. The van der Waals surface area contributed by atoms with Gasteiger partial charge in [-0.3, -0.25) is 0 Å². The summed E-state index contributed by atoms with van der Waals surface area (Å²) in [6.07, 6.45) is 8.78. The van der Waals surface area contributed by atoms with Gasteiger partial charge in [-0.05, 0) is 29.8 Å². The van der Waals surface area contributed by atoms with E-state index in [1.807, 2.05) is 12.3 Å². The van der Waals surface area contributed by atoms with E-state index in [0.717, 1.165) is 30.9 Å². The van der Waals surface area contributed by atoms with Gasteiger partial charge in [0.25, 0.3) is 0 Å². The van der Waals surface area contributed by atoms with Crippen molar-refractivity contribution in [3.8, 4) is 11.4 Å². The number of nitrogens with zero attached hydrogens (tertiary/aromatic N) is 3. The standard InChI is InChI=1S/C17H17N3/c1-2-20-12-8-15(9-13-20)14-4-6-16(7-5-14)17-18-10-3-11-19-17/h2-8,10-11H,1,9,12-13H2. The second-order valence-corrected chi connectivity index (χ2v) is 4.81. The number of aromatic nitrogens is 2. The molecular weight excluding hydrogens is 246 g/mol. The molecule has 1 aromatic heterocycles. The van der Waals surface area contributed by atoms with Crippen LogP contribution in [0.15, 0.2) is 61.6 Å². The summed E-state index contributed by atoms with van der Waals surface area (Å²) in [5, 5.41) is 0. The monoisotopic (exact) mass is 263 g/mol. The van der Waals surface area contributed by atoms with E-state index in [4.69, 9.17) is 0 Å². The van der Waals surface area contributed by atoms with Crippen molar-refractivity contribution in [2.75, 3.05) is 13.1 Å². The molecule has 3 rings (SSSR count). The van der Waals surface area contributed by atoms with Crippen LogP contribution in [0.2, 0.25) is 0 Å². The predicted molar refractivity (Wildman–Crippen MR) is 81.8 cm³/mol. The van der Waals surface area contributed by atoms with Crippen LogP contribution in [-0.4, -0.2) is 28.0 Å². The highest BCUT2D eigenvalue weighted by Crippen LogP contribution is 2.24. The van der Waals surface area contributed by atoms with E-state index in [-0.39, 0.29) is 0 Å². The van der Waals surface area contributed by atoms with Gasteiger partial charge >= 0.3 is 0 Å². The van der Waals surface area contributed by atoms with E-state index in [9.17, 15) is 0 Å². The minimum absolute atomic E-state index is 0.773. The van der Waals surface area contributed by atoms with Crippen molar-refractivity contribution >= 4 is 5.57 Å². The Morgan fingerprint density at radius 3 is 2.35 bits per heavy atom. The van der Waals surface area contributed by atoms with Gasteiger partial charge in [0.2, 0.25) is 0 Å². The normalized spacial score (nSPS) is 14.8. The fourth-order valence-corrected chi connectivity index (χ4v) is 2.39. The highest BCUT2D eigenvalue weighted by Gasteiger charge is 2.10. The lowest BCUT2D eigenvalue weighted by atomic mass is 9.98. The molecule has 20 heavy (non-hydrogen) atoms. The first-order valence-corrected chi connectivity index (χ1v) is 6.80. The second-order valence-electron chi connectivity index (χ2n) is 4.81. The van der Waals surface area contributed by atoms with Crippen LogP contribution in [0.1, 0.15) is 12.0 Å². The molecule has 1 aromatic carbocycles. The fourth-order valence-electron chi connectivity index (χ4n) is 2.39. The maximum absolute atomic E-state index is 4.27. The van der Waals surface area contributed by atoms with Gasteiger partial charge in [-0.2, -0.15) is 0 Å². The molecule has 2 aromatic rings. The summed E-state index contributed by atoms with van der Waals surface area (Å²) >= 11 is 0. The van der Waals surface area contributed by atoms with Gasteiger partial charge in [-0.15, -0.1) is 0 Å². The molecule has 1 aliphatic heterocycles. The summed E-state index contributed by atoms with van der Waals surface area (Å²) in [5.74, 6) is 0.773. The number of hydrogen-bond donors (Lipinski definition) is 0. The van der Waals surface area contributed by atoms with Crippen LogP contribution in [0, 0.1) is 0 Å². The van der Waals surface area contributed by atoms with Crippen LogP contribution in [0.3, 0.4) is 0 Å². The molecule has 0 N–H and O–H groups in total. The maximum atomic E-state index is 4.27. The maximum Gasteiger partial charge on any atom is 0.159 e. The lowest BCUT2D eigenvalue weighted by molar-refractivity contribution is 0.415. The molecular formula is C17H17N3. The molecule has 0 amide bonds. The quantitative estimate of drug-likeness (QED) is 0.850. The Kier molecular flexibility index (Phi) is 3.59. The zero-order chi connectivity index (χ0) is 13.8. The van der Waals surface area contributed by atoms with E-state index in [2.05, 4.69) is 51.8 Å². The molecule has 0 unspecified atom stereocenters. The van der Waals surface area contributed by atoms with Crippen molar-refractivity contribution in [1.82, 2.24) is 14.9 Å². The van der Waals surface area contributed by atoms with E-state index in [1.165, 1.54) is 11.1 Å². The third kappa shape index (κ3) is 2.62. The average molecular weight is 263 g/mol. The number of hydrogen-bond acceptors (Lipinski definition) is 3. The second kappa shape index (κ2) is 5.70. The van der Waals surface area contributed by atoms with E-state index in [0.29, 0.717) is 0 Å². The Hall–Kier alpha value is -2.42.